The van der Waals surface area contributed by atoms with Crippen LogP contribution in [-0.4, -0.2) is 94.2 Å². The third-order valence-corrected chi connectivity index (χ3v) is 11.7. The van der Waals surface area contributed by atoms with Crippen LogP contribution in [0.15, 0.2) is 118 Å². The lowest BCUT2D eigenvalue weighted by Crippen LogP contribution is -2.71. The zero-order valence-corrected chi connectivity index (χ0v) is 31.0. The zero-order chi connectivity index (χ0) is 38.5. The summed E-state index contributed by atoms with van der Waals surface area (Å²) in [5.41, 5.74) is 7.15. The van der Waals surface area contributed by atoms with Crippen LogP contribution < -0.4 is 22.2 Å². The number of carbonyl (C=O) groups excluding carboxylic acids is 3. The number of tetrazole rings is 1. The minimum absolute atomic E-state index is 0.0881. The molecule has 55 heavy (non-hydrogen) atoms. The Morgan fingerprint density at radius 2 is 1.62 bits per heavy atom. The first kappa shape index (κ1) is 37.1. The highest BCUT2D eigenvalue weighted by Crippen LogP contribution is 2.42. The average Bonchev–Trinajstić information content (AvgIpc) is 3.85. The van der Waals surface area contributed by atoms with E-state index in [1.807, 2.05) is 91.0 Å². The molecular weight excluding hydrogens is 767 g/mol. The number of thiazole rings is 1. The third kappa shape index (κ3) is 7.46. The highest BCUT2D eigenvalue weighted by molar-refractivity contribution is 8.01. The van der Waals surface area contributed by atoms with E-state index in [0.717, 1.165) is 38.1 Å². The molecule has 0 bridgehead atoms. The number of hydrogen-bond donors (Lipinski definition) is 5. The van der Waals surface area contributed by atoms with Crippen molar-refractivity contribution in [3.05, 3.63) is 130 Å². The van der Waals surface area contributed by atoms with Crippen molar-refractivity contribution in [2.24, 2.45) is 10.9 Å². The average molecular weight is 798 g/mol. The molecule has 2 atom stereocenters. The van der Waals surface area contributed by atoms with E-state index < -0.39 is 47.3 Å². The number of carbonyl (C=O) groups is 4. The van der Waals surface area contributed by atoms with Crippen molar-refractivity contribution < 1.29 is 29.1 Å². The number of primary amides is 1. The Bertz CT molecular complexity index is 2190. The molecule has 2 aromatic heterocycles. The van der Waals surface area contributed by atoms with Crippen LogP contribution in [0.3, 0.4) is 0 Å². The molecule has 20 heteroatoms. The van der Waals surface area contributed by atoms with Gasteiger partial charge in [-0.15, -0.1) is 27.9 Å². The number of oxime groups is 1. The van der Waals surface area contributed by atoms with Gasteiger partial charge in [0.25, 0.3) is 17.7 Å². The van der Waals surface area contributed by atoms with Gasteiger partial charge >= 0.3 is 5.97 Å². The number of amides is 3. The molecule has 17 nitrogen and oxygen atoms in total. The number of hydrogen-bond acceptors (Lipinski definition) is 15. The summed E-state index contributed by atoms with van der Waals surface area (Å²) in [5, 5.41) is 32.7. The van der Waals surface area contributed by atoms with Crippen LogP contribution in [-0.2, 0) is 29.6 Å². The van der Waals surface area contributed by atoms with Crippen molar-refractivity contribution in [3.8, 4) is 0 Å². The summed E-state index contributed by atoms with van der Waals surface area (Å²) in [7, 11) is 0. The number of thioether (sulfide) groups is 2. The van der Waals surface area contributed by atoms with Crippen LogP contribution in [0.5, 0.6) is 0 Å². The van der Waals surface area contributed by atoms with Gasteiger partial charge in [-0.25, -0.2) is 9.78 Å². The molecule has 7 N–H and O–H groups in total. The molecule has 0 unspecified atom stereocenters. The molecule has 3 aromatic carbocycles. The fraction of sp³-hybridized carbons (Fsp3) is 0.171. The van der Waals surface area contributed by atoms with Crippen LogP contribution in [0.1, 0.15) is 22.4 Å². The second-order valence-corrected chi connectivity index (χ2v) is 14.9. The number of nitrogens with zero attached hydrogens (tertiary/aromatic N) is 7. The van der Waals surface area contributed by atoms with Crippen molar-refractivity contribution in [2.75, 3.05) is 29.3 Å². The maximum atomic E-state index is 13.9. The molecule has 0 spiro atoms. The predicted molar refractivity (Wildman–Crippen MR) is 205 cm³/mol. The molecule has 2 aliphatic rings. The summed E-state index contributed by atoms with van der Waals surface area (Å²) in [5.74, 6) is 2.50. The fourth-order valence-corrected chi connectivity index (χ4v) is 9.21. The maximum Gasteiger partial charge on any atom is 0.352 e. The normalized spacial score (nSPS) is 16.9. The van der Waals surface area contributed by atoms with Gasteiger partial charge in [-0.2, -0.15) is 0 Å². The van der Waals surface area contributed by atoms with Gasteiger partial charge in [0.05, 0.1) is 0 Å². The van der Waals surface area contributed by atoms with Gasteiger partial charge in [-0.3, -0.25) is 19.3 Å². The van der Waals surface area contributed by atoms with Crippen molar-refractivity contribution in [1.29, 1.82) is 0 Å². The monoisotopic (exact) mass is 797 g/mol. The fourth-order valence-electron chi connectivity index (χ4n) is 6.18. The third-order valence-electron chi connectivity index (χ3n) is 8.61. The van der Waals surface area contributed by atoms with Gasteiger partial charge in [0, 0.05) is 16.9 Å². The number of rotatable bonds is 15. The summed E-state index contributed by atoms with van der Waals surface area (Å²) in [4.78, 5) is 63.3. The quantitative estimate of drug-likeness (QED) is 0.0254. The molecule has 0 saturated carbocycles. The smallest absolute Gasteiger partial charge is 0.352 e. The number of aliphatic carboxylic acids is 1. The van der Waals surface area contributed by atoms with Crippen LogP contribution in [0.2, 0.25) is 0 Å². The Hall–Kier alpha value is -6.25. The standard InChI is InChI=1S/C35H31N11O6S3/c36-25(47)16-52-42-26(29(48)39-27-30(49)45-28(32(50)51)20(17-53-31(27)45)18-55-34-41-43-44-46(34)37)24-19-54-33(38-24)40-35(21-10-4-1-5-11-21,22-12-6-2-7-13-22)23-14-8-3-9-15-23/h1-15,19,27,31H,16-18,37H2,(H2,36,47)(H,38,40)(H,39,48)(H,50,51)/b42-26+/t27-,31-/m1/s1. The van der Waals surface area contributed by atoms with Crippen molar-refractivity contribution >= 4 is 69.4 Å². The largest absolute Gasteiger partial charge is 0.477 e. The van der Waals surface area contributed by atoms with Crippen molar-refractivity contribution in [3.63, 3.8) is 0 Å². The van der Waals surface area contributed by atoms with Crippen LogP contribution in [0.4, 0.5) is 5.13 Å². The van der Waals surface area contributed by atoms with E-state index in [4.69, 9.17) is 21.4 Å². The lowest BCUT2D eigenvalue weighted by Gasteiger charge is -2.49. The Morgan fingerprint density at radius 3 is 2.16 bits per heavy atom. The molecule has 0 aliphatic carbocycles. The summed E-state index contributed by atoms with van der Waals surface area (Å²) in [6.45, 7) is -0.621. The summed E-state index contributed by atoms with van der Waals surface area (Å²) in [6.07, 6.45) is 0. The van der Waals surface area contributed by atoms with E-state index >= 15 is 0 Å². The van der Waals surface area contributed by atoms with Crippen LogP contribution in [0.25, 0.3) is 0 Å². The number of carboxylic acids is 1. The molecule has 280 valence electrons. The number of nitrogens with two attached hydrogens (primary N) is 2. The minimum atomic E-state index is -1.30. The number of anilines is 1. The van der Waals surface area contributed by atoms with E-state index in [2.05, 4.69) is 31.3 Å². The number of aromatic nitrogens is 5. The van der Waals surface area contributed by atoms with Crippen molar-refractivity contribution in [2.45, 2.75) is 22.1 Å². The van der Waals surface area contributed by atoms with E-state index in [0.29, 0.717) is 10.7 Å². The molecule has 1 fully saturated rings. The van der Waals surface area contributed by atoms with E-state index in [9.17, 15) is 24.3 Å². The Balaban J connectivity index is 1.16. The van der Waals surface area contributed by atoms with E-state index in [1.54, 1.807) is 5.38 Å². The first-order valence-electron chi connectivity index (χ1n) is 16.4. The lowest BCUT2D eigenvalue weighted by atomic mass is 9.77. The zero-order valence-electron chi connectivity index (χ0n) is 28.5. The Kier molecular flexibility index (Phi) is 10.8. The predicted octanol–water partition coefficient (Wildman–Crippen LogP) is 1.98. The summed E-state index contributed by atoms with van der Waals surface area (Å²) < 4.78 is 0. The topological polar surface area (TPSA) is 246 Å². The number of β-lactam (4-membered cyclic amide) rings is 1. The number of nitrogens with one attached hydrogen (secondary N) is 2. The molecule has 4 heterocycles. The minimum Gasteiger partial charge on any atom is -0.477 e. The first-order chi connectivity index (χ1) is 26.7. The molecular formula is C35H31N11O6S3. The van der Waals surface area contributed by atoms with E-state index in [-0.39, 0.29) is 33.8 Å². The molecule has 3 amide bonds. The van der Waals surface area contributed by atoms with E-state index in [1.165, 1.54) is 23.1 Å². The van der Waals surface area contributed by atoms with Crippen LogP contribution >= 0.6 is 34.9 Å². The summed E-state index contributed by atoms with van der Waals surface area (Å²) in [6, 6.07) is 28.5. The summed E-state index contributed by atoms with van der Waals surface area (Å²) >= 11 is 3.61. The first-order valence-corrected chi connectivity index (χ1v) is 19.3. The molecule has 0 radical (unpaired) electrons. The number of nitrogen functional groups attached to an aromatic ring is 1. The number of fused-ring (bicyclic) bond motifs is 1. The molecule has 2 aliphatic heterocycles. The van der Waals surface area contributed by atoms with Gasteiger partial charge in [0.1, 0.15) is 28.3 Å². The highest BCUT2D eigenvalue weighted by atomic mass is 32.2. The maximum absolute atomic E-state index is 13.9. The number of carboxylic acid groups (broad SMARTS) is 1. The van der Waals surface area contributed by atoms with Gasteiger partial charge in [-0.1, -0.05) is 113 Å². The van der Waals surface area contributed by atoms with Gasteiger partial charge in [0.15, 0.2) is 17.5 Å². The molecule has 1 saturated heterocycles. The highest BCUT2D eigenvalue weighted by Gasteiger charge is 2.54. The number of benzene rings is 3. The van der Waals surface area contributed by atoms with Gasteiger partial charge < -0.3 is 32.2 Å². The van der Waals surface area contributed by atoms with Crippen LogP contribution in [0, 0.1) is 0 Å². The second-order valence-electron chi connectivity index (χ2n) is 12.0. The Labute approximate surface area is 325 Å². The lowest BCUT2D eigenvalue weighted by molar-refractivity contribution is -0.150. The van der Waals surface area contributed by atoms with Crippen molar-refractivity contribution in [1.82, 2.24) is 35.5 Å². The Morgan fingerprint density at radius 1 is 1.00 bits per heavy atom. The molecule has 7 rings (SSSR count). The van der Waals surface area contributed by atoms with Gasteiger partial charge in [-0.05, 0) is 32.7 Å². The molecule has 5 aromatic rings. The van der Waals surface area contributed by atoms with Gasteiger partial charge in [0.2, 0.25) is 5.16 Å². The SMILES string of the molecule is NC(=O)CO/N=C(/C(=O)N[C@@H]1C(=O)N2C(C(=O)O)=C(CSc3nnnn3N)CS[C@H]12)c1csc(NC(c2ccccc2)(c2ccccc2)c2ccccc2)n1. The second kappa shape index (κ2) is 16.0.